The standard InChI is InChI=1S/C19H13ClFN5O2S/c20-12-6-2-1-5-11(12)18-23-15-9-16(27)25-26(15)19(24-18)29-10-17(28)22-14-8-4-3-7-13(14)21/h1-9H,10H2,(H,22,28)(H,25,27). The monoisotopic (exact) mass is 429 g/mol. The Morgan fingerprint density at radius 2 is 1.93 bits per heavy atom. The summed E-state index contributed by atoms with van der Waals surface area (Å²) in [7, 11) is 0. The second-order valence-electron chi connectivity index (χ2n) is 5.94. The van der Waals surface area contributed by atoms with Crippen LogP contribution in [0.1, 0.15) is 0 Å². The molecule has 0 atom stereocenters. The number of hydrogen-bond acceptors (Lipinski definition) is 5. The van der Waals surface area contributed by atoms with Crippen molar-refractivity contribution >= 4 is 40.6 Å². The third-order valence-corrected chi connectivity index (χ3v) is 5.19. The number of anilines is 1. The highest BCUT2D eigenvalue weighted by Gasteiger charge is 2.15. The smallest absolute Gasteiger partial charge is 0.266 e. The molecule has 146 valence electrons. The average molecular weight is 430 g/mol. The zero-order chi connectivity index (χ0) is 20.4. The summed E-state index contributed by atoms with van der Waals surface area (Å²) in [6.45, 7) is 0. The van der Waals surface area contributed by atoms with Gasteiger partial charge in [0.05, 0.1) is 16.5 Å². The van der Waals surface area contributed by atoms with Crippen molar-refractivity contribution in [3.63, 3.8) is 0 Å². The first-order chi connectivity index (χ1) is 14.0. The van der Waals surface area contributed by atoms with Crippen molar-refractivity contribution in [2.45, 2.75) is 5.16 Å². The summed E-state index contributed by atoms with van der Waals surface area (Å²) in [6, 6.07) is 14.3. The van der Waals surface area contributed by atoms with E-state index >= 15 is 0 Å². The lowest BCUT2D eigenvalue weighted by atomic mass is 10.2. The topological polar surface area (TPSA) is 92.2 Å². The molecule has 2 heterocycles. The number of hydrogen-bond donors (Lipinski definition) is 2. The van der Waals surface area contributed by atoms with E-state index in [4.69, 9.17) is 11.6 Å². The highest BCUT2D eigenvalue weighted by atomic mass is 35.5. The molecule has 1 amide bonds. The minimum absolute atomic E-state index is 0.0530. The highest BCUT2D eigenvalue weighted by Crippen LogP contribution is 2.27. The molecule has 0 bridgehead atoms. The van der Waals surface area contributed by atoms with Gasteiger partial charge in [-0.3, -0.25) is 14.7 Å². The Morgan fingerprint density at radius 1 is 1.17 bits per heavy atom. The van der Waals surface area contributed by atoms with Gasteiger partial charge >= 0.3 is 0 Å². The molecule has 0 aliphatic heterocycles. The van der Waals surface area contributed by atoms with E-state index in [1.807, 2.05) is 0 Å². The largest absolute Gasteiger partial charge is 0.323 e. The van der Waals surface area contributed by atoms with E-state index < -0.39 is 11.7 Å². The van der Waals surface area contributed by atoms with Gasteiger partial charge in [-0.05, 0) is 24.3 Å². The van der Waals surface area contributed by atoms with Crippen molar-refractivity contribution < 1.29 is 9.18 Å². The molecule has 7 nitrogen and oxygen atoms in total. The van der Waals surface area contributed by atoms with Gasteiger partial charge in [-0.15, -0.1) is 0 Å². The molecule has 4 aromatic rings. The second kappa shape index (κ2) is 8.06. The number of aromatic amines is 1. The molecule has 0 unspecified atom stereocenters. The first-order valence-corrected chi connectivity index (χ1v) is 9.79. The molecule has 2 aromatic heterocycles. The van der Waals surface area contributed by atoms with E-state index in [0.29, 0.717) is 27.2 Å². The lowest BCUT2D eigenvalue weighted by Crippen LogP contribution is -2.16. The van der Waals surface area contributed by atoms with E-state index in [-0.39, 0.29) is 17.0 Å². The van der Waals surface area contributed by atoms with Crippen LogP contribution in [0.15, 0.2) is 64.5 Å². The van der Waals surface area contributed by atoms with E-state index in [0.717, 1.165) is 11.8 Å². The van der Waals surface area contributed by atoms with Crippen molar-refractivity contribution in [3.8, 4) is 11.4 Å². The summed E-state index contributed by atoms with van der Waals surface area (Å²) in [5, 5.41) is 5.91. The van der Waals surface area contributed by atoms with Crippen molar-refractivity contribution in [1.82, 2.24) is 19.6 Å². The zero-order valence-electron chi connectivity index (χ0n) is 14.7. The number of aromatic nitrogens is 4. The molecule has 29 heavy (non-hydrogen) atoms. The van der Waals surface area contributed by atoms with E-state index in [2.05, 4.69) is 20.4 Å². The summed E-state index contributed by atoms with van der Waals surface area (Å²) >= 11 is 7.31. The van der Waals surface area contributed by atoms with Crippen LogP contribution < -0.4 is 10.9 Å². The molecular weight excluding hydrogens is 417 g/mol. The number of benzene rings is 2. The molecular formula is C19H13ClFN5O2S. The molecule has 0 aliphatic rings. The van der Waals surface area contributed by atoms with Gasteiger partial charge in [0, 0.05) is 11.6 Å². The Hall–Kier alpha value is -3.17. The van der Waals surface area contributed by atoms with Gasteiger partial charge in [0.2, 0.25) is 5.91 Å². The number of nitrogens with one attached hydrogen (secondary N) is 2. The van der Waals surface area contributed by atoms with E-state index in [9.17, 15) is 14.0 Å². The highest BCUT2D eigenvalue weighted by molar-refractivity contribution is 7.99. The molecule has 0 fully saturated rings. The Morgan fingerprint density at radius 3 is 2.72 bits per heavy atom. The van der Waals surface area contributed by atoms with Crippen LogP contribution in [0.4, 0.5) is 10.1 Å². The first-order valence-electron chi connectivity index (χ1n) is 8.43. The number of carbonyl (C=O) groups excluding carboxylic acids is 1. The first kappa shape index (κ1) is 19.2. The molecule has 0 aliphatic carbocycles. The number of para-hydroxylation sites is 1. The van der Waals surface area contributed by atoms with Gasteiger partial charge in [-0.2, -0.15) is 0 Å². The van der Waals surface area contributed by atoms with Crippen LogP contribution in [0, 0.1) is 5.82 Å². The summed E-state index contributed by atoms with van der Waals surface area (Å²) < 4.78 is 15.1. The number of halogens is 2. The Balaban J connectivity index is 1.62. The average Bonchev–Trinajstić information content (AvgIpc) is 3.08. The van der Waals surface area contributed by atoms with Gasteiger partial charge in [-0.1, -0.05) is 47.6 Å². The van der Waals surface area contributed by atoms with Gasteiger partial charge in [0.1, 0.15) is 5.82 Å². The fourth-order valence-electron chi connectivity index (χ4n) is 2.62. The molecule has 2 N–H and O–H groups in total. The van der Waals surface area contributed by atoms with Crippen LogP contribution in [-0.2, 0) is 4.79 Å². The minimum Gasteiger partial charge on any atom is -0.323 e. The summed E-state index contributed by atoms with van der Waals surface area (Å²) in [5.41, 5.74) is 0.685. The molecule has 2 aromatic carbocycles. The summed E-state index contributed by atoms with van der Waals surface area (Å²) in [6.07, 6.45) is 0. The number of fused-ring (bicyclic) bond motifs is 1. The van der Waals surface area contributed by atoms with Gasteiger partial charge in [0.15, 0.2) is 16.6 Å². The normalized spacial score (nSPS) is 11.0. The fraction of sp³-hybridized carbons (Fsp3) is 0.0526. The van der Waals surface area contributed by atoms with Gasteiger partial charge < -0.3 is 5.32 Å². The maximum atomic E-state index is 13.7. The SMILES string of the molecule is O=C(CSc1nc(-c2ccccc2Cl)nc2cc(=O)[nH]n12)Nc1ccccc1F. The van der Waals surface area contributed by atoms with E-state index in [1.165, 1.54) is 28.8 Å². The lowest BCUT2D eigenvalue weighted by Gasteiger charge is -2.09. The zero-order valence-corrected chi connectivity index (χ0v) is 16.3. The maximum absolute atomic E-state index is 13.7. The summed E-state index contributed by atoms with van der Waals surface area (Å²) in [5.74, 6) is -0.666. The number of rotatable bonds is 5. The number of nitrogens with zero attached hydrogens (tertiary/aromatic N) is 3. The number of carbonyl (C=O) groups is 1. The van der Waals surface area contributed by atoms with Crippen molar-refractivity contribution in [2.75, 3.05) is 11.1 Å². The number of amides is 1. The van der Waals surface area contributed by atoms with Crippen LogP contribution in [-0.4, -0.2) is 31.2 Å². The predicted molar refractivity (Wildman–Crippen MR) is 110 cm³/mol. The Kier molecular flexibility index (Phi) is 5.32. The molecule has 0 spiro atoms. The van der Waals surface area contributed by atoms with Crippen LogP contribution in [0.5, 0.6) is 0 Å². The van der Waals surface area contributed by atoms with Crippen molar-refractivity contribution in [2.24, 2.45) is 0 Å². The molecule has 0 saturated carbocycles. The maximum Gasteiger partial charge on any atom is 0.266 e. The van der Waals surface area contributed by atoms with Crippen molar-refractivity contribution in [3.05, 3.63) is 75.8 Å². The minimum atomic E-state index is -0.522. The molecule has 4 rings (SSSR count). The van der Waals surface area contributed by atoms with E-state index in [1.54, 1.807) is 30.3 Å². The second-order valence-corrected chi connectivity index (χ2v) is 7.29. The molecule has 0 radical (unpaired) electrons. The third-order valence-electron chi connectivity index (χ3n) is 3.92. The quantitative estimate of drug-likeness (QED) is 0.473. The van der Waals surface area contributed by atoms with Crippen LogP contribution >= 0.6 is 23.4 Å². The molecule has 0 saturated heterocycles. The lowest BCUT2D eigenvalue weighted by molar-refractivity contribution is -0.113. The van der Waals surface area contributed by atoms with Crippen LogP contribution in [0.2, 0.25) is 5.02 Å². The van der Waals surface area contributed by atoms with Crippen LogP contribution in [0.3, 0.4) is 0 Å². The molecule has 10 heteroatoms. The number of H-pyrrole nitrogens is 1. The Labute approximate surface area is 172 Å². The Bertz CT molecular complexity index is 1270. The third kappa shape index (κ3) is 4.15. The summed E-state index contributed by atoms with van der Waals surface area (Å²) in [4.78, 5) is 32.8. The predicted octanol–water partition coefficient (Wildman–Crippen LogP) is 3.61. The number of thioether (sulfide) groups is 1. The van der Waals surface area contributed by atoms with Crippen LogP contribution in [0.25, 0.3) is 17.0 Å². The van der Waals surface area contributed by atoms with Crippen molar-refractivity contribution in [1.29, 1.82) is 0 Å². The van der Waals surface area contributed by atoms with Gasteiger partial charge in [-0.25, -0.2) is 18.9 Å². The van der Waals surface area contributed by atoms with Gasteiger partial charge in [0.25, 0.3) is 5.56 Å². The fourth-order valence-corrected chi connectivity index (χ4v) is 3.59.